The van der Waals surface area contributed by atoms with Crippen molar-refractivity contribution in [1.29, 1.82) is 0 Å². The number of aromatic nitrogens is 2. The van der Waals surface area contributed by atoms with Crippen molar-refractivity contribution in [2.75, 3.05) is 6.54 Å². The highest BCUT2D eigenvalue weighted by Crippen LogP contribution is 2.29. The van der Waals surface area contributed by atoms with Crippen molar-refractivity contribution < 1.29 is 14.0 Å². The Balaban J connectivity index is 2.00. The third kappa shape index (κ3) is 2.11. The number of hydrogen-bond acceptors (Lipinski definition) is 3. The van der Waals surface area contributed by atoms with Gasteiger partial charge in [0.25, 0.3) is 5.91 Å². The molecule has 0 atom stereocenters. The second-order valence-corrected chi connectivity index (χ2v) is 5.40. The highest BCUT2D eigenvalue weighted by molar-refractivity contribution is 6.06. The van der Waals surface area contributed by atoms with Crippen molar-refractivity contribution in [2.45, 2.75) is 6.54 Å². The molecule has 114 valence electrons. The van der Waals surface area contributed by atoms with E-state index in [-0.39, 0.29) is 5.91 Å². The van der Waals surface area contributed by atoms with Crippen LogP contribution in [0.1, 0.15) is 20.7 Å². The van der Waals surface area contributed by atoms with Crippen molar-refractivity contribution in [2.24, 2.45) is 0 Å². The standard InChI is InChI=1S/C17H12FN3O2/c18-12-7-13-15-14(8-12)20-16(21(15)6-5-19-17(13)23)11-3-1-10(9-22)2-4-11/h1-4,7-9H,5-6H2,(H,19,23). The van der Waals surface area contributed by atoms with E-state index in [1.807, 2.05) is 4.57 Å². The topological polar surface area (TPSA) is 64.0 Å². The Morgan fingerprint density at radius 1 is 1.22 bits per heavy atom. The molecule has 0 radical (unpaired) electrons. The molecule has 0 aliphatic carbocycles. The minimum absolute atomic E-state index is 0.292. The maximum absolute atomic E-state index is 13.8. The molecule has 6 heteroatoms. The Kier molecular flexibility index (Phi) is 2.97. The van der Waals surface area contributed by atoms with Gasteiger partial charge in [-0.25, -0.2) is 9.37 Å². The molecule has 0 unspecified atom stereocenters. The summed E-state index contributed by atoms with van der Waals surface area (Å²) in [6.07, 6.45) is 0.775. The molecule has 0 spiro atoms. The second kappa shape index (κ2) is 5.01. The summed E-state index contributed by atoms with van der Waals surface area (Å²) in [6.45, 7) is 0.992. The highest BCUT2D eigenvalue weighted by atomic mass is 19.1. The fraction of sp³-hybridized carbons (Fsp3) is 0.118. The van der Waals surface area contributed by atoms with Gasteiger partial charge >= 0.3 is 0 Å². The molecule has 3 aromatic rings. The Labute approximate surface area is 130 Å². The van der Waals surface area contributed by atoms with Gasteiger partial charge in [0.05, 0.1) is 16.6 Å². The quantitative estimate of drug-likeness (QED) is 0.739. The van der Waals surface area contributed by atoms with Gasteiger partial charge in [-0.05, 0) is 6.07 Å². The number of amides is 1. The summed E-state index contributed by atoms with van der Waals surface area (Å²) >= 11 is 0. The van der Waals surface area contributed by atoms with Gasteiger partial charge < -0.3 is 9.88 Å². The van der Waals surface area contributed by atoms with Gasteiger partial charge in [-0.1, -0.05) is 24.3 Å². The van der Waals surface area contributed by atoms with Crippen LogP contribution in [0.25, 0.3) is 22.4 Å². The smallest absolute Gasteiger partial charge is 0.253 e. The van der Waals surface area contributed by atoms with Gasteiger partial charge in [-0.3, -0.25) is 9.59 Å². The number of imidazole rings is 1. The molecule has 2 aromatic carbocycles. The summed E-state index contributed by atoms with van der Waals surface area (Å²) in [5.74, 6) is -0.131. The summed E-state index contributed by atoms with van der Waals surface area (Å²) in [4.78, 5) is 27.4. The zero-order chi connectivity index (χ0) is 16.0. The number of benzene rings is 2. The van der Waals surface area contributed by atoms with E-state index in [1.54, 1.807) is 24.3 Å². The maximum atomic E-state index is 13.8. The van der Waals surface area contributed by atoms with Gasteiger partial charge in [-0.2, -0.15) is 0 Å². The van der Waals surface area contributed by atoms with Crippen molar-refractivity contribution in [1.82, 2.24) is 14.9 Å². The van der Waals surface area contributed by atoms with Crippen LogP contribution >= 0.6 is 0 Å². The van der Waals surface area contributed by atoms with E-state index in [0.29, 0.717) is 41.1 Å². The van der Waals surface area contributed by atoms with E-state index < -0.39 is 5.82 Å². The molecule has 1 aliphatic heterocycles. The lowest BCUT2D eigenvalue weighted by Gasteiger charge is -2.07. The lowest BCUT2D eigenvalue weighted by atomic mass is 10.1. The van der Waals surface area contributed by atoms with Crippen molar-refractivity contribution >= 4 is 23.2 Å². The van der Waals surface area contributed by atoms with Crippen LogP contribution in [0.3, 0.4) is 0 Å². The van der Waals surface area contributed by atoms with Crippen LogP contribution in [0.2, 0.25) is 0 Å². The molecule has 4 rings (SSSR count). The highest BCUT2D eigenvalue weighted by Gasteiger charge is 2.23. The number of nitrogens with zero attached hydrogens (tertiary/aromatic N) is 2. The molecule has 5 nitrogen and oxygen atoms in total. The van der Waals surface area contributed by atoms with Crippen molar-refractivity contribution in [3.05, 3.63) is 53.3 Å². The Hall–Kier alpha value is -3.02. The number of hydrogen-bond donors (Lipinski definition) is 1. The Morgan fingerprint density at radius 3 is 2.74 bits per heavy atom. The molecular formula is C17H12FN3O2. The minimum Gasteiger partial charge on any atom is -0.350 e. The summed E-state index contributed by atoms with van der Waals surface area (Å²) in [6, 6.07) is 9.57. The maximum Gasteiger partial charge on any atom is 0.253 e. The average molecular weight is 309 g/mol. The number of rotatable bonds is 2. The summed E-state index contributed by atoms with van der Waals surface area (Å²) in [7, 11) is 0. The first kappa shape index (κ1) is 13.6. The Morgan fingerprint density at radius 2 is 2.00 bits per heavy atom. The number of nitrogens with one attached hydrogen (secondary N) is 1. The van der Waals surface area contributed by atoms with E-state index in [1.165, 1.54) is 12.1 Å². The molecule has 1 N–H and O–H groups in total. The van der Waals surface area contributed by atoms with Crippen molar-refractivity contribution in [3.8, 4) is 11.4 Å². The second-order valence-electron chi connectivity index (χ2n) is 5.40. The minimum atomic E-state index is -0.489. The summed E-state index contributed by atoms with van der Waals surface area (Å²) in [5, 5.41) is 2.76. The molecule has 0 fully saturated rings. The fourth-order valence-corrected chi connectivity index (χ4v) is 2.93. The molecular weight excluding hydrogens is 297 g/mol. The predicted molar refractivity (Wildman–Crippen MR) is 82.8 cm³/mol. The van der Waals surface area contributed by atoms with Crippen LogP contribution in [0.4, 0.5) is 4.39 Å². The molecule has 2 heterocycles. The van der Waals surface area contributed by atoms with Crippen LogP contribution in [0, 0.1) is 5.82 Å². The molecule has 1 aliphatic rings. The average Bonchev–Trinajstić information content (AvgIpc) is 2.83. The van der Waals surface area contributed by atoms with Gasteiger partial charge in [-0.15, -0.1) is 0 Å². The zero-order valence-electron chi connectivity index (χ0n) is 12.0. The lowest BCUT2D eigenvalue weighted by molar-refractivity contribution is 0.0956. The van der Waals surface area contributed by atoms with Gasteiger partial charge in [0.2, 0.25) is 0 Å². The molecule has 1 aromatic heterocycles. The first-order chi connectivity index (χ1) is 11.2. The number of aldehydes is 1. The van der Waals surface area contributed by atoms with Gasteiger partial charge in [0.1, 0.15) is 17.9 Å². The SMILES string of the molecule is O=Cc1ccc(-c2nc3cc(F)cc4c3n2CCNC4=O)cc1. The van der Waals surface area contributed by atoms with Crippen LogP contribution in [0.15, 0.2) is 36.4 Å². The summed E-state index contributed by atoms with van der Waals surface area (Å²) in [5.41, 5.74) is 2.76. The molecule has 1 amide bonds. The summed E-state index contributed by atoms with van der Waals surface area (Å²) < 4.78 is 15.7. The lowest BCUT2D eigenvalue weighted by Crippen LogP contribution is -2.24. The largest absolute Gasteiger partial charge is 0.350 e. The van der Waals surface area contributed by atoms with E-state index >= 15 is 0 Å². The Bertz CT molecular complexity index is 945. The van der Waals surface area contributed by atoms with Crippen LogP contribution in [-0.4, -0.2) is 28.3 Å². The monoisotopic (exact) mass is 309 g/mol. The molecule has 0 bridgehead atoms. The number of carbonyl (C=O) groups excluding carboxylic acids is 2. The molecule has 0 saturated carbocycles. The van der Waals surface area contributed by atoms with E-state index in [4.69, 9.17) is 0 Å². The van der Waals surface area contributed by atoms with Crippen molar-refractivity contribution in [3.63, 3.8) is 0 Å². The van der Waals surface area contributed by atoms with E-state index in [0.717, 1.165) is 11.8 Å². The van der Waals surface area contributed by atoms with Crippen LogP contribution < -0.4 is 5.32 Å². The number of carbonyl (C=O) groups is 2. The first-order valence-corrected chi connectivity index (χ1v) is 7.21. The van der Waals surface area contributed by atoms with Crippen LogP contribution in [-0.2, 0) is 6.54 Å². The van der Waals surface area contributed by atoms with Gasteiger partial charge in [0.15, 0.2) is 0 Å². The first-order valence-electron chi connectivity index (χ1n) is 7.21. The third-order valence-electron chi connectivity index (χ3n) is 3.98. The third-order valence-corrected chi connectivity index (χ3v) is 3.98. The van der Waals surface area contributed by atoms with Crippen LogP contribution in [0.5, 0.6) is 0 Å². The van der Waals surface area contributed by atoms with E-state index in [2.05, 4.69) is 10.3 Å². The zero-order valence-corrected chi connectivity index (χ0v) is 12.0. The molecule has 23 heavy (non-hydrogen) atoms. The number of halogens is 1. The normalized spacial score (nSPS) is 13.7. The predicted octanol–water partition coefficient (Wildman–Crippen LogP) is 2.40. The van der Waals surface area contributed by atoms with E-state index in [9.17, 15) is 14.0 Å². The fourth-order valence-electron chi connectivity index (χ4n) is 2.93. The van der Waals surface area contributed by atoms with Gasteiger partial charge in [0, 0.05) is 30.3 Å². The molecule has 0 saturated heterocycles.